The molecule has 61 heavy (non-hydrogen) atoms. The lowest BCUT2D eigenvalue weighted by molar-refractivity contribution is -0.167. The van der Waals surface area contributed by atoms with Crippen LogP contribution in [0.2, 0.25) is 0 Å². The molecule has 0 radical (unpaired) electrons. The molecule has 358 valence electrons. The van der Waals surface area contributed by atoms with E-state index in [9.17, 15) is 14.4 Å². The summed E-state index contributed by atoms with van der Waals surface area (Å²) in [6.45, 7) is 6.64. The van der Waals surface area contributed by atoms with Gasteiger partial charge in [0.25, 0.3) is 0 Å². The number of rotatable bonds is 49. The van der Waals surface area contributed by atoms with Gasteiger partial charge in [0.1, 0.15) is 13.2 Å². The summed E-state index contributed by atoms with van der Waals surface area (Å²) in [5, 5.41) is 0. The molecule has 0 saturated carbocycles. The SMILES string of the molecule is CCCCCCC=CCCCCCCCCCC(=O)OC[C@H](COC(=O)CCCCCCCC=CCCCCCCCC)OC(=O)CCCCCCCCCCCCCCC. The second kappa shape index (κ2) is 50.5. The first-order chi connectivity index (χ1) is 30.0. The molecule has 0 saturated heterocycles. The van der Waals surface area contributed by atoms with E-state index in [1.165, 1.54) is 186 Å². The van der Waals surface area contributed by atoms with Crippen molar-refractivity contribution in [1.29, 1.82) is 0 Å². The highest BCUT2D eigenvalue weighted by Crippen LogP contribution is 2.16. The summed E-state index contributed by atoms with van der Waals surface area (Å²) in [6, 6.07) is 0. The smallest absolute Gasteiger partial charge is 0.306 e. The van der Waals surface area contributed by atoms with Crippen molar-refractivity contribution in [3.8, 4) is 0 Å². The Labute approximate surface area is 379 Å². The average Bonchev–Trinajstić information content (AvgIpc) is 3.26. The number of hydrogen-bond donors (Lipinski definition) is 0. The molecule has 0 heterocycles. The molecule has 0 bridgehead atoms. The van der Waals surface area contributed by atoms with Crippen LogP contribution in [0.1, 0.15) is 290 Å². The van der Waals surface area contributed by atoms with E-state index in [1.807, 2.05) is 0 Å². The van der Waals surface area contributed by atoms with Crippen LogP contribution in [0.4, 0.5) is 0 Å². The van der Waals surface area contributed by atoms with Crippen LogP contribution in [0.25, 0.3) is 0 Å². The van der Waals surface area contributed by atoms with Crippen LogP contribution in [0, 0.1) is 0 Å². The molecule has 0 aliphatic heterocycles. The highest BCUT2D eigenvalue weighted by Gasteiger charge is 2.19. The number of allylic oxidation sites excluding steroid dienone is 4. The Balaban J connectivity index is 4.35. The van der Waals surface area contributed by atoms with Gasteiger partial charge in [-0.15, -0.1) is 0 Å². The van der Waals surface area contributed by atoms with Crippen LogP contribution < -0.4 is 0 Å². The quantitative estimate of drug-likeness (QED) is 0.0262. The van der Waals surface area contributed by atoms with E-state index < -0.39 is 6.10 Å². The number of carbonyl (C=O) groups is 3. The average molecular weight is 859 g/mol. The van der Waals surface area contributed by atoms with E-state index in [4.69, 9.17) is 14.2 Å². The van der Waals surface area contributed by atoms with Crippen molar-refractivity contribution in [2.45, 2.75) is 297 Å². The Kier molecular flexibility index (Phi) is 48.8. The fourth-order valence-electron chi connectivity index (χ4n) is 7.84. The summed E-state index contributed by atoms with van der Waals surface area (Å²) < 4.78 is 16.8. The number of ether oxygens (including phenoxy) is 3. The van der Waals surface area contributed by atoms with Gasteiger partial charge in [-0.05, 0) is 70.6 Å². The van der Waals surface area contributed by atoms with Crippen LogP contribution in [-0.2, 0) is 28.6 Å². The molecular formula is C55H102O6. The van der Waals surface area contributed by atoms with Gasteiger partial charge in [-0.1, -0.05) is 225 Å². The van der Waals surface area contributed by atoms with Crippen molar-refractivity contribution in [3.63, 3.8) is 0 Å². The first-order valence-electron chi connectivity index (χ1n) is 26.8. The summed E-state index contributed by atoms with van der Waals surface area (Å²) in [7, 11) is 0. The predicted molar refractivity (Wildman–Crippen MR) is 261 cm³/mol. The van der Waals surface area contributed by atoms with Gasteiger partial charge in [0.15, 0.2) is 6.10 Å². The molecule has 0 N–H and O–H groups in total. The Morgan fingerprint density at radius 1 is 0.311 bits per heavy atom. The van der Waals surface area contributed by atoms with Gasteiger partial charge >= 0.3 is 17.9 Å². The van der Waals surface area contributed by atoms with Crippen LogP contribution in [0.3, 0.4) is 0 Å². The highest BCUT2D eigenvalue weighted by atomic mass is 16.6. The summed E-state index contributed by atoms with van der Waals surface area (Å²) >= 11 is 0. The molecule has 0 aromatic rings. The van der Waals surface area contributed by atoms with E-state index in [2.05, 4.69) is 45.1 Å². The van der Waals surface area contributed by atoms with E-state index >= 15 is 0 Å². The first kappa shape index (κ1) is 58.9. The lowest BCUT2D eigenvalue weighted by Crippen LogP contribution is -2.30. The number of unbranched alkanes of at least 4 members (excludes halogenated alkanes) is 34. The summed E-state index contributed by atoms with van der Waals surface area (Å²) in [6.07, 6.45) is 57.3. The third kappa shape index (κ3) is 48.8. The fourth-order valence-corrected chi connectivity index (χ4v) is 7.84. The molecule has 0 aliphatic rings. The van der Waals surface area contributed by atoms with Crippen molar-refractivity contribution < 1.29 is 28.6 Å². The summed E-state index contributed by atoms with van der Waals surface area (Å²) in [5.74, 6) is -0.870. The first-order valence-corrected chi connectivity index (χ1v) is 26.8. The van der Waals surface area contributed by atoms with E-state index in [0.717, 1.165) is 64.2 Å². The van der Waals surface area contributed by atoms with Gasteiger partial charge in [0, 0.05) is 19.3 Å². The maximum absolute atomic E-state index is 12.8. The molecule has 0 fully saturated rings. The highest BCUT2D eigenvalue weighted by molar-refractivity contribution is 5.71. The zero-order valence-electron chi connectivity index (χ0n) is 40.9. The van der Waals surface area contributed by atoms with Crippen LogP contribution in [0.5, 0.6) is 0 Å². The normalized spacial score (nSPS) is 12.1. The Morgan fingerprint density at radius 2 is 0.541 bits per heavy atom. The van der Waals surface area contributed by atoms with Crippen molar-refractivity contribution in [2.24, 2.45) is 0 Å². The Bertz CT molecular complexity index is 989. The zero-order chi connectivity index (χ0) is 44.4. The largest absolute Gasteiger partial charge is 0.462 e. The zero-order valence-corrected chi connectivity index (χ0v) is 40.9. The fraction of sp³-hybridized carbons (Fsp3) is 0.873. The van der Waals surface area contributed by atoms with Gasteiger partial charge in [0.05, 0.1) is 0 Å². The monoisotopic (exact) mass is 859 g/mol. The number of esters is 3. The van der Waals surface area contributed by atoms with Crippen molar-refractivity contribution >= 4 is 17.9 Å². The molecule has 0 aliphatic carbocycles. The van der Waals surface area contributed by atoms with E-state index in [1.54, 1.807) is 0 Å². The molecule has 6 heteroatoms. The minimum absolute atomic E-state index is 0.0724. The van der Waals surface area contributed by atoms with Crippen LogP contribution in [-0.4, -0.2) is 37.2 Å². The standard InChI is InChI=1S/C55H102O6/c1-4-7-10-13-16-19-22-25-27-30-32-35-38-41-44-47-53(56)59-50-52(61-55(58)49-46-43-40-37-34-29-24-21-18-15-12-9-6-3)51-60-54(57)48-45-42-39-36-33-31-28-26-23-20-17-14-11-8-5-2/h19,22,26,28,52H,4-18,20-21,23-25,27,29-51H2,1-3H3/t52-/m1/s1. The third-order valence-corrected chi connectivity index (χ3v) is 11.9. The molecule has 0 rings (SSSR count). The topological polar surface area (TPSA) is 78.9 Å². The maximum atomic E-state index is 12.8. The Hall–Kier alpha value is -2.11. The molecule has 0 aromatic carbocycles. The Morgan fingerprint density at radius 3 is 0.836 bits per heavy atom. The summed E-state index contributed by atoms with van der Waals surface area (Å²) in [5.41, 5.74) is 0. The number of hydrogen-bond acceptors (Lipinski definition) is 6. The van der Waals surface area contributed by atoms with Gasteiger partial charge in [-0.2, -0.15) is 0 Å². The van der Waals surface area contributed by atoms with Crippen LogP contribution >= 0.6 is 0 Å². The van der Waals surface area contributed by atoms with E-state index in [0.29, 0.717) is 19.3 Å². The van der Waals surface area contributed by atoms with Gasteiger partial charge < -0.3 is 14.2 Å². The molecule has 1 atom stereocenters. The van der Waals surface area contributed by atoms with E-state index in [-0.39, 0.29) is 31.1 Å². The van der Waals surface area contributed by atoms with Crippen LogP contribution in [0.15, 0.2) is 24.3 Å². The number of carbonyl (C=O) groups excluding carboxylic acids is 3. The second-order valence-electron chi connectivity index (χ2n) is 18.1. The molecule has 6 nitrogen and oxygen atoms in total. The minimum Gasteiger partial charge on any atom is -0.462 e. The van der Waals surface area contributed by atoms with Crippen molar-refractivity contribution in [2.75, 3.05) is 13.2 Å². The molecule has 0 aromatic heterocycles. The second-order valence-corrected chi connectivity index (χ2v) is 18.1. The lowest BCUT2D eigenvalue weighted by Gasteiger charge is -2.18. The molecule has 0 amide bonds. The molecule has 0 unspecified atom stereocenters. The molecular weight excluding hydrogens is 757 g/mol. The van der Waals surface area contributed by atoms with Gasteiger partial charge in [-0.25, -0.2) is 0 Å². The summed E-state index contributed by atoms with van der Waals surface area (Å²) in [4.78, 5) is 38.0. The van der Waals surface area contributed by atoms with Gasteiger partial charge in [0.2, 0.25) is 0 Å². The predicted octanol–water partition coefficient (Wildman–Crippen LogP) is 17.5. The maximum Gasteiger partial charge on any atom is 0.306 e. The lowest BCUT2D eigenvalue weighted by atomic mass is 10.0. The third-order valence-electron chi connectivity index (χ3n) is 11.9. The minimum atomic E-state index is -0.771. The van der Waals surface area contributed by atoms with Crippen molar-refractivity contribution in [1.82, 2.24) is 0 Å². The molecule has 0 spiro atoms. The van der Waals surface area contributed by atoms with Crippen molar-refractivity contribution in [3.05, 3.63) is 24.3 Å². The van der Waals surface area contributed by atoms with Gasteiger partial charge in [-0.3, -0.25) is 14.4 Å².